The molecular formula is C14H21ClFN3O2. The second kappa shape index (κ2) is 10.1. The standard InChI is InChI=1S/C14H20FN3O2.ClH/c1-10(9-16)18-13(19)3-2-8-17-14(20)11-4-6-12(15)7-5-11;/h4-7,10H,2-3,8-9,16H2,1H3,(H,17,20)(H,18,19);1H/t10-;/m0./s1. The third kappa shape index (κ3) is 7.63. The molecular weight excluding hydrogens is 297 g/mol. The predicted molar refractivity (Wildman–Crippen MR) is 81.9 cm³/mol. The average Bonchev–Trinajstić information content (AvgIpc) is 2.44. The van der Waals surface area contributed by atoms with Gasteiger partial charge >= 0.3 is 0 Å². The number of hydrogen-bond acceptors (Lipinski definition) is 3. The molecule has 2 amide bonds. The number of nitrogens with two attached hydrogens (primary N) is 1. The SMILES string of the molecule is C[C@@H](CN)NC(=O)CCCNC(=O)c1ccc(F)cc1.Cl. The number of rotatable bonds is 7. The zero-order valence-corrected chi connectivity index (χ0v) is 12.7. The zero-order valence-electron chi connectivity index (χ0n) is 11.9. The van der Waals surface area contributed by atoms with Crippen LogP contribution < -0.4 is 16.4 Å². The van der Waals surface area contributed by atoms with E-state index in [9.17, 15) is 14.0 Å². The number of nitrogens with one attached hydrogen (secondary N) is 2. The Morgan fingerprint density at radius 1 is 1.29 bits per heavy atom. The summed E-state index contributed by atoms with van der Waals surface area (Å²) in [5.41, 5.74) is 5.79. The van der Waals surface area contributed by atoms with E-state index in [-0.39, 0.29) is 36.1 Å². The smallest absolute Gasteiger partial charge is 0.251 e. The Kier molecular flexibility index (Phi) is 9.32. The molecule has 0 aliphatic carbocycles. The molecule has 1 rings (SSSR count). The summed E-state index contributed by atoms with van der Waals surface area (Å²) in [6.45, 7) is 2.61. The van der Waals surface area contributed by atoms with Gasteiger partial charge < -0.3 is 16.4 Å². The first-order chi connectivity index (χ1) is 9.52. The molecule has 4 N–H and O–H groups in total. The van der Waals surface area contributed by atoms with E-state index in [4.69, 9.17) is 5.73 Å². The van der Waals surface area contributed by atoms with Crippen molar-refractivity contribution in [1.82, 2.24) is 10.6 Å². The Balaban J connectivity index is 0.00000400. The molecule has 21 heavy (non-hydrogen) atoms. The summed E-state index contributed by atoms with van der Waals surface area (Å²) in [5, 5.41) is 5.41. The van der Waals surface area contributed by atoms with E-state index < -0.39 is 0 Å². The van der Waals surface area contributed by atoms with Gasteiger partial charge in [0.15, 0.2) is 0 Å². The van der Waals surface area contributed by atoms with Crippen LogP contribution in [0.25, 0.3) is 0 Å². The van der Waals surface area contributed by atoms with Gasteiger partial charge in [-0.2, -0.15) is 0 Å². The van der Waals surface area contributed by atoms with E-state index in [1.165, 1.54) is 24.3 Å². The van der Waals surface area contributed by atoms with Crippen molar-refractivity contribution in [2.75, 3.05) is 13.1 Å². The lowest BCUT2D eigenvalue weighted by Gasteiger charge is -2.11. The summed E-state index contributed by atoms with van der Waals surface area (Å²) in [6, 6.07) is 5.25. The van der Waals surface area contributed by atoms with E-state index in [1.54, 1.807) is 0 Å². The van der Waals surface area contributed by atoms with Crippen LogP contribution in [-0.2, 0) is 4.79 Å². The molecule has 0 aliphatic heterocycles. The summed E-state index contributed by atoms with van der Waals surface area (Å²) in [7, 11) is 0. The lowest BCUT2D eigenvalue weighted by atomic mass is 10.2. The number of amides is 2. The van der Waals surface area contributed by atoms with Gasteiger partial charge in [0.05, 0.1) is 0 Å². The molecule has 0 fully saturated rings. The van der Waals surface area contributed by atoms with Crippen LogP contribution in [-0.4, -0.2) is 30.9 Å². The van der Waals surface area contributed by atoms with E-state index in [0.29, 0.717) is 31.5 Å². The third-order valence-corrected chi connectivity index (χ3v) is 2.73. The minimum atomic E-state index is -0.382. The molecule has 0 spiro atoms. The fourth-order valence-corrected chi connectivity index (χ4v) is 1.56. The lowest BCUT2D eigenvalue weighted by molar-refractivity contribution is -0.121. The Morgan fingerprint density at radius 2 is 1.90 bits per heavy atom. The number of halogens is 2. The van der Waals surface area contributed by atoms with Crippen LogP contribution in [0.5, 0.6) is 0 Å². The van der Waals surface area contributed by atoms with Crippen LogP contribution in [0.3, 0.4) is 0 Å². The van der Waals surface area contributed by atoms with Gasteiger partial charge in [-0.15, -0.1) is 12.4 Å². The van der Waals surface area contributed by atoms with Crippen LogP contribution in [0.2, 0.25) is 0 Å². The topological polar surface area (TPSA) is 84.2 Å². The highest BCUT2D eigenvalue weighted by molar-refractivity contribution is 5.94. The van der Waals surface area contributed by atoms with Crippen molar-refractivity contribution < 1.29 is 14.0 Å². The molecule has 0 aliphatic rings. The highest BCUT2D eigenvalue weighted by Crippen LogP contribution is 2.02. The largest absolute Gasteiger partial charge is 0.352 e. The summed E-state index contributed by atoms with van der Waals surface area (Å²) >= 11 is 0. The summed E-state index contributed by atoms with van der Waals surface area (Å²) in [4.78, 5) is 23.1. The maximum absolute atomic E-state index is 12.7. The van der Waals surface area contributed by atoms with Gasteiger partial charge in [-0.1, -0.05) is 0 Å². The van der Waals surface area contributed by atoms with Crippen molar-refractivity contribution in [3.05, 3.63) is 35.6 Å². The van der Waals surface area contributed by atoms with Crippen molar-refractivity contribution >= 4 is 24.2 Å². The molecule has 0 unspecified atom stereocenters. The van der Waals surface area contributed by atoms with Crippen molar-refractivity contribution in [2.45, 2.75) is 25.8 Å². The van der Waals surface area contributed by atoms with Crippen LogP contribution in [0.4, 0.5) is 4.39 Å². The normalized spacial score (nSPS) is 11.2. The van der Waals surface area contributed by atoms with E-state index in [2.05, 4.69) is 10.6 Å². The molecule has 0 bridgehead atoms. The minimum absolute atomic E-state index is 0. The van der Waals surface area contributed by atoms with Gasteiger partial charge in [-0.05, 0) is 37.6 Å². The van der Waals surface area contributed by atoms with E-state index >= 15 is 0 Å². The average molecular weight is 318 g/mol. The van der Waals surface area contributed by atoms with Gasteiger partial charge in [0.2, 0.25) is 5.91 Å². The van der Waals surface area contributed by atoms with Crippen LogP contribution in [0, 0.1) is 5.82 Å². The highest BCUT2D eigenvalue weighted by atomic mass is 35.5. The Labute approximate surface area is 129 Å². The first-order valence-electron chi connectivity index (χ1n) is 6.56. The molecule has 118 valence electrons. The van der Waals surface area contributed by atoms with Crippen LogP contribution in [0.1, 0.15) is 30.1 Å². The second-order valence-electron chi connectivity index (χ2n) is 4.57. The number of carbonyl (C=O) groups is 2. The number of hydrogen-bond donors (Lipinski definition) is 3. The Morgan fingerprint density at radius 3 is 2.48 bits per heavy atom. The van der Waals surface area contributed by atoms with Crippen LogP contribution >= 0.6 is 12.4 Å². The molecule has 1 atom stereocenters. The maximum atomic E-state index is 12.7. The number of carbonyl (C=O) groups excluding carboxylic acids is 2. The van der Waals surface area contributed by atoms with E-state index in [1.807, 2.05) is 6.92 Å². The maximum Gasteiger partial charge on any atom is 0.251 e. The van der Waals surface area contributed by atoms with Crippen molar-refractivity contribution in [2.24, 2.45) is 5.73 Å². The molecule has 0 radical (unpaired) electrons. The van der Waals surface area contributed by atoms with Gasteiger partial charge in [0.1, 0.15) is 5.82 Å². The van der Waals surface area contributed by atoms with Gasteiger partial charge in [-0.3, -0.25) is 9.59 Å². The van der Waals surface area contributed by atoms with Gasteiger partial charge in [0, 0.05) is 31.1 Å². The molecule has 5 nitrogen and oxygen atoms in total. The van der Waals surface area contributed by atoms with Crippen molar-refractivity contribution in [1.29, 1.82) is 0 Å². The predicted octanol–water partition coefficient (Wildman–Crippen LogP) is 1.22. The molecule has 1 aromatic carbocycles. The fraction of sp³-hybridized carbons (Fsp3) is 0.429. The number of benzene rings is 1. The van der Waals surface area contributed by atoms with Gasteiger partial charge in [0.25, 0.3) is 5.91 Å². The summed E-state index contributed by atoms with van der Waals surface area (Å²) in [6.07, 6.45) is 0.865. The van der Waals surface area contributed by atoms with Crippen molar-refractivity contribution in [3.63, 3.8) is 0 Å². The molecule has 1 aromatic rings. The lowest BCUT2D eigenvalue weighted by Crippen LogP contribution is -2.38. The molecule has 0 aromatic heterocycles. The van der Waals surface area contributed by atoms with E-state index in [0.717, 1.165) is 0 Å². The van der Waals surface area contributed by atoms with Gasteiger partial charge in [-0.25, -0.2) is 4.39 Å². The highest BCUT2D eigenvalue weighted by Gasteiger charge is 2.07. The zero-order chi connectivity index (χ0) is 15.0. The Bertz CT molecular complexity index is 454. The first kappa shape index (κ1) is 19.3. The fourth-order valence-electron chi connectivity index (χ4n) is 1.56. The Hall–Kier alpha value is -1.66. The monoisotopic (exact) mass is 317 g/mol. The third-order valence-electron chi connectivity index (χ3n) is 2.73. The summed E-state index contributed by atoms with van der Waals surface area (Å²) < 4.78 is 12.7. The first-order valence-corrected chi connectivity index (χ1v) is 6.56. The van der Waals surface area contributed by atoms with Crippen molar-refractivity contribution in [3.8, 4) is 0 Å². The second-order valence-corrected chi connectivity index (χ2v) is 4.57. The molecule has 0 saturated heterocycles. The van der Waals surface area contributed by atoms with Crippen LogP contribution in [0.15, 0.2) is 24.3 Å². The molecule has 7 heteroatoms. The summed E-state index contributed by atoms with van der Waals surface area (Å²) in [5.74, 6) is -0.744. The molecule has 0 saturated carbocycles. The quantitative estimate of drug-likeness (QED) is 0.661. The minimum Gasteiger partial charge on any atom is -0.352 e. The molecule has 0 heterocycles.